The van der Waals surface area contributed by atoms with E-state index in [0.29, 0.717) is 33.0 Å². The van der Waals surface area contributed by atoms with Gasteiger partial charge in [-0.1, -0.05) is 181 Å². The summed E-state index contributed by atoms with van der Waals surface area (Å²) in [6.45, 7) is 10.5. The topological polar surface area (TPSA) is 36.9 Å². The molecule has 0 aromatic rings. The van der Waals surface area contributed by atoms with Gasteiger partial charge < -0.3 is 23.4 Å². The number of ether oxygens (including phenoxy) is 4. The van der Waals surface area contributed by atoms with Crippen molar-refractivity contribution in [2.45, 2.75) is 200 Å². The van der Waals surface area contributed by atoms with Crippen molar-refractivity contribution in [1.29, 1.82) is 0 Å². The van der Waals surface area contributed by atoms with E-state index in [1.165, 1.54) is 180 Å². The van der Waals surface area contributed by atoms with Gasteiger partial charge in [0, 0.05) is 13.2 Å². The van der Waals surface area contributed by atoms with Crippen molar-refractivity contribution in [2.75, 3.05) is 73.9 Å². The Kier molecular flexibility index (Phi) is 38.4. The maximum absolute atomic E-state index is 6.17. The molecule has 0 aromatic carbocycles. The first-order valence-electron chi connectivity index (χ1n) is 21.1. The lowest BCUT2D eigenvalue weighted by molar-refractivity contribution is -0.873. The SMILES string of the molecule is CCCCCCCCCCCCCCCCOCCOCC(C[N+](C)(C)C)OCCOCCCCCCCCCCCCCCCC. The number of unbranched alkanes of at least 4 members (excludes halogenated alkanes) is 26. The predicted molar refractivity (Wildman–Crippen MR) is 206 cm³/mol. The van der Waals surface area contributed by atoms with Crippen molar-refractivity contribution in [3.8, 4) is 0 Å². The average Bonchev–Trinajstić information content (AvgIpc) is 3.04. The molecule has 0 heterocycles. The number of nitrogens with zero attached hydrogens (tertiary/aromatic N) is 1. The highest BCUT2D eigenvalue weighted by atomic mass is 16.6. The lowest BCUT2D eigenvalue weighted by Gasteiger charge is -2.29. The van der Waals surface area contributed by atoms with Crippen LogP contribution in [0.2, 0.25) is 0 Å². The zero-order chi connectivity index (χ0) is 34.4. The molecule has 1 atom stereocenters. The summed E-state index contributed by atoms with van der Waals surface area (Å²) in [6, 6.07) is 0. The molecule has 5 heteroatoms. The van der Waals surface area contributed by atoms with Crippen LogP contribution in [0.5, 0.6) is 0 Å². The summed E-state index contributed by atoms with van der Waals surface area (Å²) in [7, 11) is 6.63. The number of rotatable bonds is 41. The number of hydrogen-bond donors (Lipinski definition) is 0. The third-order valence-corrected chi connectivity index (χ3v) is 9.29. The molecule has 0 aliphatic rings. The van der Waals surface area contributed by atoms with Crippen molar-refractivity contribution in [3.05, 3.63) is 0 Å². The van der Waals surface area contributed by atoms with Crippen LogP contribution in [0.3, 0.4) is 0 Å². The molecule has 47 heavy (non-hydrogen) atoms. The minimum atomic E-state index is 0.0884. The standard InChI is InChI=1S/C42H88NO4/c1-6-8-10-12-14-16-18-20-22-24-26-28-30-32-34-44-36-37-46-41-42(40-43(3,4)5)47-39-38-45-35-33-31-29-27-25-23-21-19-17-15-13-11-9-7-2/h42H,6-41H2,1-5H3/q+1. The van der Waals surface area contributed by atoms with Gasteiger partial charge in [0.2, 0.25) is 0 Å². The van der Waals surface area contributed by atoms with Gasteiger partial charge in [0.25, 0.3) is 0 Å². The molecule has 5 nitrogen and oxygen atoms in total. The Morgan fingerprint density at radius 2 is 0.638 bits per heavy atom. The fourth-order valence-corrected chi connectivity index (χ4v) is 6.37. The van der Waals surface area contributed by atoms with E-state index >= 15 is 0 Å². The maximum atomic E-state index is 6.17. The van der Waals surface area contributed by atoms with Crippen molar-refractivity contribution in [2.24, 2.45) is 0 Å². The van der Waals surface area contributed by atoms with E-state index in [4.69, 9.17) is 18.9 Å². The zero-order valence-electron chi connectivity index (χ0n) is 33.1. The van der Waals surface area contributed by atoms with Gasteiger partial charge in [0.05, 0.1) is 54.2 Å². The van der Waals surface area contributed by atoms with Crippen molar-refractivity contribution in [3.63, 3.8) is 0 Å². The van der Waals surface area contributed by atoms with Crippen molar-refractivity contribution >= 4 is 0 Å². The fourth-order valence-electron chi connectivity index (χ4n) is 6.37. The summed E-state index contributed by atoms with van der Waals surface area (Å²) >= 11 is 0. The quantitative estimate of drug-likeness (QED) is 0.0479. The van der Waals surface area contributed by atoms with Gasteiger partial charge in [-0.15, -0.1) is 0 Å². The van der Waals surface area contributed by atoms with Gasteiger partial charge in [-0.25, -0.2) is 0 Å². The second-order valence-corrected chi connectivity index (χ2v) is 15.5. The Labute approximate surface area is 296 Å². The van der Waals surface area contributed by atoms with E-state index < -0.39 is 0 Å². The third-order valence-electron chi connectivity index (χ3n) is 9.29. The molecule has 0 saturated carbocycles. The summed E-state index contributed by atoms with van der Waals surface area (Å²) in [5, 5.41) is 0. The van der Waals surface area contributed by atoms with Gasteiger partial charge in [0.1, 0.15) is 12.6 Å². The van der Waals surface area contributed by atoms with Crippen LogP contribution in [-0.4, -0.2) is 84.5 Å². The summed E-state index contributed by atoms with van der Waals surface area (Å²) in [6.07, 6.45) is 39.0. The average molecular weight is 671 g/mol. The Bertz CT molecular complexity index is 567. The smallest absolute Gasteiger partial charge is 0.130 e. The molecule has 0 aliphatic heterocycles. The van der Waals surface area contributed by atoms with Crippen LogP contribution in [0.25, 0.3) is 0 Å². The number of quaternary nitrogens is 1. The molecule has 0 aliphatic carbocycles. The van der Waals surface area contributed by atoms with Crippen molar-refractivity contribution < 1.29 is 23.4 Å². The van der Waals surface area contributed by atoms with Crippen LogP contribution in [-0.2, 0) is 18.9 Å². The summed E-state index contributed by atoms with van der Waals surface area (Å²) < 4.78 is 24.7. The lowest BCUT2D eigenvalue weighted by atomic mass is 10.0. The van der Waals surface area contributed by atoms with Gasteiger partial charge >= 0.3 is 0 Å². The molecule has 0 fully saturated rings. The van der Waals surface area contributed by atoms with Gasteiger partial charge in [-0.05, 0) is 12.8 Å². The molecule has 0 aromatic heterocycles. The second kappa shape index (κ2) is 38.6. The molecule has 0 N–H and O–H groups in total. The summed E-state index contributed by atoms with van der Waals surface area (Å²) in [4.78, 5) is 0. The molecular formula is C42H88NO4+. The minimum Gasteiger partial charge on any atom is -0.379 e. The Morgan fingerprint density at radius 3 is 0.979 bits per heavy atom. The number of hydrogen-bond acceptors (Lipinski definition) is 4. The first-order valence-corrected chi connectivity index (χ1v) is 21.1. The highest BCUT2D eigenvalue weighted by molar-refractivity contribution is 4.56. The molecular weight excluding hydrogens is 582 g/mol. The van der Waals surface area contributed by atoms with E-state index in [1.807, 2.05) is 0 Å². The van der Waals surface area contributed by atoms with Crippen LogP contribution < -0.4 is 0 Å². The Morgan fingerprint density at radius 1 is 0.340 bits per heavy atom. The molecule has 0 radical (unpaired) electrons. The van der Waals surface area contributed by atoms with Crippen molar-refractivity contribution in [1.82, 2.24) is 0 Å². The fraction of sp³-hybridized carbons (Fsp3) is 1.00. The first-order chi connectivity index (χ1) is 23.0. The second-order valence-electron chi connectivity index (χ2n) is 15.5. The van der Waals surface area contributed by atoms with Crippen LogP contribution in [0.15, 0.2) is 0 Å². The molecule has 0 spiro atoms. The first kappa shape index (κ1) is 46.8. The largest absolute Gasteiger partial charge is 0.379 e. The van der Waals surface area contributed by atoms with E-state index in [2.05, 4.69) is 35.0 Å². The monoisotopic (exact) mass is 671 g/mol. The zero-order valence-corrected chi connectivity index (χ0v) is 33.1. The van der Waals surface area contributed by atoms with E-state index in [0.717, 1.165) is 24.2 Å². The van der Waals surface area contributed by atoms with E-state index in [-0.39, 0.29) is 6.10 Å². The molecule has 1 unspecified atom stereocenters. The normalized spacial score (nSPS) is 12.7. The summed E-state index contributed by atoms with van der Waals surface area (Å²) in [5.74, 6) is 0. The third kappa shape index (κ3) is 41.9. The van der Waals surface area contributed by atoms with Crippen LogP contribution in [0.4, 0.5) is 0 Å². The Hall–Kier alpha value is -0.200. The van der Waals surface area contributed by atoms with Crippen LogP contribution >= 0.6 is 0 Å². The number of likely N-dealkylation sites (N-methyl/N-ethyl adjacent to an activating group) is 1. The maximum Gasteiger partial charge on any atom is 0.130 e. The predicted octanol–water partition coefficient (Wildman–Crippen LogP) is 12.1. The highest BCUT2D eigenvalue weighted by Crippen LogP contribution is 2.14. The molecule has 284 valence electrons. The van der Waals surface area contributed by atoms with Gasteiger partial charge in [-0.2, -0.15) is 0 Å². The molecule has 0 rings (SSSR count). The van der Waals surface area contributed by atoms with Crippen LogP contribution in [0, 0.1) is 0 Å². The lowest BCUT2D eigenvalue weighted by Crippen LogP contribution is -2.44. The minimum absolute atomic E-state index is 0.0884. The Balaban J connectivity index is 3.53. The highest BCUT2D eigenvalue weighted by Gasteiger charge is 2.19. The van der Waals surface area contributed by atoms with E-state index in [1.54, 1.807) is 0 Å². The summed E-state index contributed by atoms with van der Waals surface area (Å²) in [5.41, 5.74) is 0. The molecule has 0 saturated heterocycles. The van der Waals surface area contributed by atoms with Crippen LogP contribution in [0.1, 0.15) is 194 Å². The van der Waals surface area contributed by atoms with E-state index in [9.17, 15) is 0 Å². The molecule has 0 bridgehead atoms. The van der Waals surface area contributed by atoms with Gasteiger partial charge in [0.15, 0.2) is 0 Å². The molecule has 0 amide bonds. The van der Waals surface area contributed by atoms with Gasteiger partial charge in [-0.3, -0.25) is 0 Å².